The minimum absolute atomic E-state index is 0. The van der Waals surface area contributed by atoms with Gasteiger partial charge in [0, 0.05) is 5.56 Å². The zero-order valence-electron chi connectivity index (χ0n) is 26.0. The number of phenols is 2. The molecule has 0 radical (unpaired) electrons. The van der Waals surface area contributed by atoms with Gasteiger partial charge in [-0.05, 0) is 48.5 Å². The average Bonchev–Trinajstić information content (AvgIpc) is 2.98. The van der Waals surface area contributed by atoms with Gasteiger partial charge in [-0.15, -0.1) is 0 Å². The Morgan fingerprint density at radius 2 is 1.09 bits per heavy atom. The van der Waals surface area contributed by atoms with Gasteiger partial charge in [0.15, 0.2) is 40.5 Å². The summed E-state index contributed by atoms with van der Waals surface area (Å²) in [6.45, 7) is -1.17. The van der Waals surface area contributed by atoms with Gasteiger partial charge < -0.3 is 36.1 Å². The first-order valence-electron chi connectivity index (χ1n) is 13.2. The molecule has 0 aliphatic rings. The van der Waals surface area contributed by atoms with Crippen molar-refractivity contribution in [3.63, 3.8) is 0 Å². The van der Waals surface area contributed by atoms with Gasteiger partial charge in [-0.1, -0.05) is 12.1 Å². The van der Waals surface area contributed by atoms with E-state index >= 15 is 0 Å². The molecule has 0 saturated carbocycles. The molecule has 0 aliphatic heterocycles. The third kappa shape index (κ3) is 10.7. The smallest absolute Gasteiger partial charge is 1.00 e. The maximum Gasteiger partial charge on any atom is 1.00 e. The largest absolute Gasteiger partial charge is 1.00 e. The zero-order valence-corrected chi connectivity index (χ0v) is 28.6. The maximum atomic E-state index is 11.0. The van der Waals surface area contributed by atoms with E-state index < -0.39 is 68.7 Å². The van der Waals surface area contributed by atoms with Crippen LogP contribution in [0.3, 0.4) is 0 Å². The third-order valence-electron chi connectivity index (χ3n) is 6.13. The molecule has 2 atom stereocenters. The van der Waals surface area contributed by atoms with Gasteiger partial charge in [-0.3, -0.25) is 9.11 Å². The summed E-state index contributed by atoms with van der Waals surface area (Å²) in [4.78, 5) is 13.4. The fourth-order valence-electron chi connectivity index (χ4n) is 4.08. The first-order valence-corrected chi connectivity index (χ1v) is 16.4. The van der Waals surface area contributed by atoms with Crippen LogP contribution in [-0.2, 0) is 20.2 Å². The molecule has 248 valence electrons. The van der Waals surface area contributed by atoms with Gasteiger partial charge in [0.05, 0.1) is 18.2 Å². The van der Waals surface area contributed by atoms with Gasteiger partial charge in [-0.2, -0.15) is 16.8 Å². The number of nitrogens with zero attached hydrogens (tertiary/aromatic N) is 3. The summed E-state index contributed by atoms with van der Waals surface area (Å²) in [5.74, 6) is -2.78. The molecule has 3 aromatic carbocycles. The summed E-state index contributed by atoms with van der Waals surface area (Å²) >= 11 is 0. The molecule has 0 fully saturated rings. The van der Waals surface area contributed by atoms with E-state index in [1.54, 1.807) is 24.3 Å². The summed E-state index contributed by atoms with van der Waals surface area (Å²) in [7, 11) is -7.47. The van der Waals surface area contributed by atoms with Crippen LogP contribution < -0.4 is 43.8 Å². The second-order valence-corrected chi connectivity index (χ2v) is 12.8. The molecule has 0 bridgehead atoms. The zero-order chi connectivity index (χ0) is 33.6. The van der Waals surface area contributed by atoms with Crippen molar-refractivity contribution >= 4 is 20.2 Å². The molecule has 19 heteroatoms. The topological polar surface area (TPSA) is 256 Å². The quantitative estimate of drug-likeness (QED) is 0.0656. The average molecular weight is 704 g/mol. The SMILES string of the molecule is COc1ccc(-c2nc(-c3cccc(OCC(O)CS(=O)(=O)O)c3O)nc(-c3cccc(OCC(O)CS(=O)(=O)O)c3O)n2)cc1.[H-].[Na+]. The van der Waals surface area contributed by atoms with Crippen LogP contribution in [0.15, 0.2) is 60.7 Å². The van der Waals surface area contributed by atoms with E-state index in [9.17, 15) is 37.3 Å². The van der Waals surface area contributed by atoms with Crippen molar-refractivity contribution in [1.29, 1.82) is 0 Å². The first kappa shape index (κ1) is 37.9. The third-order valence-corrected chi connectivity index (χ3v) is 7.74. The predicted octanol–water partition coefficient (Wildman–Crippen LogP) is -1.34. The summed E-state index contributed by atoms with van der Waals surface area (Å²) in [5, 5.41) is 41.8. The molecule has 2 unspecified atom stereocenters. The summed E-state index contributed by atoms with van der Waals surface area (Å²) < 4.78 is 78.0. The van der Waals surface area contributed by atoms with E-state index in [1.165, 1.54) is 43.5 Å². The predicted molar refractivity (Wildman–Crippen MR) is 163 cm³/mol. The molecule has 0 spiro atoms. The number of methoxy groups -OCH3 is 1. The van der Waals surface area contributed by atoms with Crippen LogP contribution in [0.25, 0.3) is 34.2 Å². The second kappa shape index (κ2) is 16.0. The number of aromatic hydroxyl groups is 2. The standard InChI is InChI=1S/C28H29N3O13S2.Na.H/c1-42-19-10-8-16(9-11-19)26-29-27(20-4-2-6-22(24(20)34)43-12-17(32)14-45(36,37)38)31-28(30-26)21-5-3-7-23(25(21)35)44-13-18(33)15-46(39,40)41;;/h2-11,17-18,32-35H,12-15H2,1H3,(H,36,37,38)(H,39,40,41);;/q;+1;-1. The minimum Gasteiger partial charge on any atom is -1.00 e. The van der Waals surface area contributed by atoms with Crippen molar-refractivity contribution in [2.45, 2.75) is 12.2 Å². The number of aromatic nitrogens is 3. The van der Waals surface area contributed by atoms with Gasteiger partial charge in [0.25, 0.3) is 20.2 Å². The fourth-order valence-corrected chi connectivity index (χ4v) is 5.24. The Hall–Kier alpha value is -3.59. The molecule has 47 heavy (non-hydrogen) atoms. The van der Waals surface area contributed by atoms with E-state index in [2.05, 4.69) is 15.0 Å². The first-order chi connectivity index (χ1) is 21.6. The van der Waals surface area contributed by atoms with Crippen molar-refractivity contribution in [2.75, 3.05) is 31.8 Å². The Morgan fingerprint density at radius 1 is 0.681 bits per heavy atom. The normalized spacial score (nSPS) is 12.9. The van der Waals surface area contributed by atoms with Crippen molar-refractivity contribution in [3.8, 4) is 62.9 Å². The van der Waals surface area contributed by atoms with Crippen LogP contribution >= 0.6 is 0 Å². The van der Waals surface area contributed by atoms with Gasteiger partial charge in [-0.25, -0.2) is 15.0 Å². The monoisotopic (exact) mass is 703 g/mol. The van der Waals surface area contributed by atoms with Crippen molar-refractivity contribution in [3.05, 3.63) is 60.7 Å². The molecule has 1 aromatic heterocycles. The van der Waals surface area contributed by atoms with Crippen LogP contribution in [0.5, 0.6) is 28.7 Å². The molecule has 6 N–H and O–H groups in total. The molecule has 16 nitrogen and oxygen atoms in total. The van der Waals surface area contributed by atoms with Crippen LogP contribution in [0.2, 0.25) is 0 Å². The van der Waals surface area contributed by atoms with Crippen LogP contribution in [0.4, 0.5) is 0 Å². The number of hydrogen-bond donors (Lipinski definition) is 6. The molecule has 4 aromatic rings. The molecule has 0 saturated heterocycles. The molecular weight excluding hydrogens is 673 g/mol. The van der Waals surface area contributed by atoms with E-state index in [-0.39, 0.29) is 71.1 Å². The molecule has 0 amide bonds. The number of benzene rings is 3. The Labute approximate surface area is 292 Å². The van der Waals surface area contributed by atoms with Crippen LogP contribution in [0, 0.1) is 0 Å². The number of rotatable bonds is 14. The minimum atomic E-state index is -4.48. The Bertz CT molecular complexity index is 1810. The number of ether oxygens (including phenoxy) is 3. The van der Waals surface area contributed by atoms with Crippen LogP contribution in [-0.4, -0.2) is 105 Å². The summed E-state index contributed by atoms with van der Waals surface area (Å²) in [5.41, 5.74) is 0.548. The van der Waals surface area contributed by atoms with E-state index in [0.717, 1.165) is 0 Å². The number of aliphatic hydroxyl groups is 2. The molecule has 0 aliphatic carbocycles. The Balaban J connectivity index is 0.00000400. The molecule has 1 heterocycles. The van der Waals surface area contributed by atoms with Gasteiger partial charge in [0.1, 0.15) is 42.7 Å². The van der Waals surface area contributed by atoms with Gasteiger partial charge in [0.2, 0.25) is 0 Å². The van der Waals surface area contributed by atoms with E-state index in [1.807, 2.05) is 0 Å². The number of phenolic OH excluding ortho intramolecular Hbond substituents is 2. The van der Waals surface area contributed by atoms with Gasteiger partial charge >= 0.3 is 29.6 Å². The number of hydrogen-bond acceptors (Lipinski definition) is 14. The Kier molecular flexibility index (Phi) is 12.9. The number of aliphatic hydroxyl groups excluding tert-OH is 2. The molecule has 4 rings (SSSR count). The molecular formula is C28H30N3NaO13S2. The fraction of sp³-hybridized carbons (Fsp3) is 0.250. The summed E-state index contributed by atoms with van der Waals surface area (Å²) in [6.07, 6.45) is -3.20. The van der Waals surface area contributed by atoms with E-state index in [4.69, 9.17) is 23.3 Å². The van der Waals surface area contributed by atoms with Crippen molar-refractivity contribution in [1.82, 2.24) is 15.0 Å². The maximum absolute atomic E-state index is 11.0. The van der Waals surface area contributed by atoms with Crippen molar-refractivity contribution < 1.29 is 91.6 Å². The number of para-hydroxylation sites is 2. The Morgan fingerprint density at radius 3 is 1.47 bits per heavy atom. The van der Waals surface area contributed by atoms with Crippen molar-refractivity contribution in [2.24, 2.45) is 0 Å². The van der Waals surface area contributed by atoms with E-state index in [0.29, 0.717) is 11.3 Å². The van der Waals surface area contributed by atoms with Crippen LogP contribution in [0.1, 0.15) is 1.43 Å². The summed E-state index contributed by atoms with van der Waals surface area (Å²) in [6, 6.07) is 15.2. The second-order valence-electron chi connectivity index (χ2n) is 9.77.